The van der Waals surface area contributed by atoms with E-state index in [1.165, 1.54) is 31.4 Å². The van der Waals surface area contributed by atoms with Gasteiger partial charge in [-0.1, -0.05) is 12.8 Å². The molecule has 166 valence electrons. The van der Waals surface area contributed by atoms with Crippen molar-refractivity contribution in [2.45, 2.75) is 38.1 Å². The first-order valence-electron chi connectivity index (χ1n) is 11.3. The van der Waals surface area contributed by atoms with Gasteiger partial charge in [0, 0.05) is 56.7 Å². The molecule has 3 aliphatic rings. The van der Waals surface area contributed by atoms with E-state index >= 15 is 0 Å². The molecule has 3 fully saturated rings. The number of benzene rings is 1. The molecule has 1 aromatic rings. The lowest BCUT2D eigenvalue weighted by atomic mass is 10.2. The van der Waals surface area contributed by atoms with Crippen LogP contribution in [0.5, 0.6) is 0 Å². The van der Waals surface area contributed by atoms with Crippen LogP contribution in [0.4, 0.5) is 11.4 Å². The molecule has 30 heavy (non-hydrogen) atoms. The van der Waals surface area contributed by atoms with E-state index in [1.807, 2.05) is 12.1 Å². The Morgan fingerprint density at radius 2 is 1.60 bits per heavy atom. The maximum absolute atomic E-state index is 12.5. The monoisotopic (exact) mass is 434 g/mol. The number of sulfone groups is 1. The zero-order valence-corrected chi connectivity index (χ0v) is 18.6. The summed E-state index contributed by atoms with van der Waals surface area (Å²) in [7, 11) is -2.85. The molecule has 0 radical (unpaired) electrons. The molecule has 4 rings (SSSR count). The van der Waals surface area contributed by atoms with Gasteiger partial charge in [0.05, 0.1) is 18.1 Å². The van der Waals surface area contributed by atoms with Crippen LogP contribution in [-0.4, -0.2) is 87.5 Å². The Bertz CT molecular complexity index is 811. The first kappa shape index (κ1) is 21.6. The highest BCUT2D eigenvalue weighted by Gasteiger charge is 2.33. The minimum absolute atomic E-state index is 0.00872. The summed E-state index contributed by atoms with van der Waals surface area (Å²) in [4.78, 5) is 19.3. The fraction of sp³-hybridized carbons (Fsp3) is 0.682. The molecule has 0 bridgehead atoms. The van der Waals surface area contributed by atoms with Crippen LogP contribution in [0, 0.1) is 0 Å². The first-order chi connectivity index (χ1) is 14.5. The van der Waals surface area contributed by atoms with Crippen molar-refractivity contribution in [2.75, 3.05) is 67.5 Å². The van der Waals surface area contributed by atoms with Gasteiger partial charge < -0.3 is 10.2 Å². The van der Waals surface area contributed by atoms with Crippen LogP contribution in [0.15, 0.2) is 24.3 Å². The number of amides is 1. The predicted molar refractivity (Wildman–Crippen MR) is 121 cm³/mol. The van der Waals surface area contributed by atoms with Gasteiger partial charge in [-0.3, -0.25) is 14.6 Å². The van der Waals surface area contributed by atoms with Crippen LogP contribution < -0.4 is 10.2 Å². The predicted octanol–water partition coefficient (Wildman–Crippen LogP) is 1.81. The lowest BCUT2D eigenvalue weighted by molar-refractivity contribution is -0.117. The summed E-state index contributed by atoms with van der Waals surface area (Å²) < 4.78 is 23.4. The Balaban J connectivity index is 1.21. The highest BCUT2D eigenvalue weighted by Crippen LogP contribution is 2.22. The quantitative estimate of drug-likeness (QED) is 0.762. The summed E-state index contributed by atoms with van der Waals surface area (Å²) in [6, 6.07) is 8.37. The minimum atomic E-state index is -2.85. The average Bonchev–Trinajstić information content (AvgIpc) is 2.92. The number of hydrogen-bond donors (Lipinski definition) is 1. The van der Waals surface area contributed by atoms with Gasteiger partial charge in [0.2, 0.25) is 5.91 Å². The molecule has 0 spiro atoms. The van der Waals surface area contributed by atoms with Crippen LogP contribution in [0.25, 0.3) is 0 Å². The number of nitrogens with zero attached hydrogens (tertiary/aromatic N) is 3. The van der Waals surface area contributed by atoms with Gasteiger partial charge in [0.1, 0.15) is 0 Å². The Hall–Kier alpha value is -1.64. The summed E-state index contributed by atoms with van der Waals surface area (Å²) in [5.74, 6) is 0.618. The van der Waals surface area contributed by atoms with E-state index in [0.29, 0.717) is 18.1 Å². The molecule has 1 aromatic carbocycles. The van der Waals surface area contributed by atoms with E-state index in [4.69, 9.17) is 0 Å². The third kappa shape index (κ3) is 5.74. The lowest BCUT2D eigenvalue weighted by Crippen LogP contribution is -2.52. The summed E-state index contributed by atoms with van der Waals surface area (Å²) >= 11 is 0. The van der Waals surface area contributed by atoms with Crippen LogP contribution in [-0.2, 0) is 14.6 Å². The zero-order valence-electron chi connectivity index (χ0n) is 17.8. The van der Waals surface area contributed by atoms with Crippen molar-refractivity contribution < 1.29 is 13.2 Å². The maximum atomic E-state index is 12.5. The molecule has 7 nitrogen and oxygen atoms in total. The maximum Gasteiger partial charge on any atom is 0.238 e. The van der Waals surface area contributed by atoms with Crippen LogP contribution in [0.1, 0.15) is 32.1 Å². The Kier molecular flexibility index (Phi) is 6.95. The van der Waals surface area contributed by atoms with Gasteiger partial charge in [-0.25, -0.2) is 8.42 Å². The molecular weight excluding hydrogens is 400 g/mol. The molecule has 0 aromatic heterocycles. The van der Waals surface area contributed by atoms with Crippen molar-refractivity contribution in [2.24, 2.45) is 0 Å². The van der Waals surface area contributed by atoms with Gasteiger partial charge in [0.25, 0.3) is 0 Å². The number of piperazine rings is 1. The molecule has 0 unspecified atom stereocenters. The van der Waals surface area contributed by atoms with E-state index in [-0.39, 0.29) is 11.9 Å². The second-order valence-corrected chi connectivity index (χ2v) is 11.1. The molecule has 1 atom stereocenters. The van der Waals surface area contributed by atoms with Crippen molar-refractivity contribution in [3.8, 4) is 0 Å². The average molecular weight is 435 g/mol. The Labute approximate surface area is 180 Å². The Morgan fingerprint density at radius 3 is 2.20 bits per heavy atom. The lowest BCUT2D eigenvalue weighted by Gasteiger charge is -2.37. The minimum Gasteiger partial charge on any atom is -0.372 e. The molecule has 0 saturated carbocycles. The van der Waals surface area contributed by atoms with Gasteiger partial charge in [-0.2, -0.15) is 0 Å². The van der Waals surface area contributed by atoms with Crippen molar-refractivity contribution in [1.29, 1.82) is 0 Å². The number of carbonyl (C=O) groups is 1. The summed E-state index contributed by atoms with van der Waals surface area (Å²) in [6.45, 7) is 5.88. The zero-order chi connectivity index (χ0) is 21.0. The van der Waals surface area contributed by atoms with E-state index in [2.05, 4.69) is 32.1 Å². The third-order valence-corrected chi connectivity index (χ3v) is 8.37. The molecule has 1 amide bonds. The molecule has 3 saturated heterocycles. The van der Waals surface area contributed by atoms with Crippen LogP contribution >= 0.6 is 0 Å². The van der Waals surface area contributed by atoms with Crippen LogP contribution in [0.3, 0.4) is 0 Å². The van der Waals surface area contributed by atoms with Crippen molar-refractivity contribution in [3.05, 3.63) is 24.3 Å². The number of hydrogen-bond acceptors (Lipinski definition) is 6. The Morgan fingerprint density at radius 1 is 0.933 bits per heavy atom. The van der Waals surface area contributed by atoms with Gasteiger partial charge >= 0.3 is 0 Å². The van der Waals surface area contributed by atoms with Crippen LogP contribution in [0.2, 0.25) is 0 Å². The summed E-state index contributed by atoms with van der Waals surface area (Å²) in [5.41, 5.74) is 2.08. The second kappa shape index (κ2) is 9.66. The number of carbonyl (C=O) groups excluding carboxylic acids is 1. The third-order valence-electron chi connectivity index (χ3n) is 6.62. The van der Waals surface area contributed by atoms with Crippen molar-refractivity contribution in [3.63, 3.8) is 0 Å². The normalized spacial score (nSPS) is 25.7. The number of anilines is 2. The first-order valence-corrected chi connectivity index (χ1v) is 13.1. The molecule has 1 N–H and O–H groups in total. The molecule has 8 heteroatoms. The van der Waals surface area contributed by atoms with E-state index < -0.39 is 9.84 Å². The highest BCUT2D eigenvalue weighted by atomic mass is 32.2. The molecular formula is C22H34N4O3S. The summed E-state index contributed by atoms with van der Waals surface area (Å²) in [5, 5.41) is 3.02. The van der Waals surface area contributed by atoms with Crippen molar-refractivity contribution in [1.82, 2.24) is 9.80 Å². The van der Waals surface area contributed by atoms with Gasteiger partial charge in [-0.15, -0.1) is 0 Å². The standard InChI is InChI=1S/C22H34N4O3S/c27-22(17-24-12-14-26(15-13-24)21-9-16-30(28,29)18-21)23-19-5-7-20(8-6-19)25-10-3-1-2-4-11-25/h5-8,21H,1-4,9-18H2,(H,23,27)/t21-/m1/s1. The molecule has 3 aliphatic heterocycles. The van der Waals surface area contributed by atoms with E-state index in [9.17, 15) is 13.2 Å². The van der Waals surface area contributed by atoms with E-state index in [0.717, 1.165) is 51.4 Å². The topological polar surface area (TPSA) is 73.0 Å². The van der Waals surface area contributed by atoms with Gasteiger partial charge in [-0.05, 0) is 43.5 Å². The SMILES string of the molecule is O=C(CN1CCN([C@@H]2CCS(=O)(=O)C2)CC1)Nc1ccc(N2CCCCCC2)cc1. The fourth-order valence-corrected chi connectivity index (χ4v) is 6.60. The molecule has 3 heterocycles. The highest BCUT2D eigenvalue weighted by molar-refractivity contribution is 7.91. The largest absolute Gasteiger partial charge is 0.372 e. The van der Waals surface area contributed by atoms with E-state index in [1.54, 1.807) is 0 Å². The second-order valence-electron chi connectivity index (χ2n) is 8.87. The van der Waals surface area contributed by atoms with Crippen molar-refractivity contribution >= 4 is 27.1 Å². The smallest absolute Gasteiger partial charge is 0.238 e. The number of rotatable bonds is 5. The van der Waals surface area contributed by atoms with Gasteiger partial charge in [0.15, 0.2) is 9.84 Å². The number of nitrogens with one attached hydrogen (secondary N) is 1. The fourth-order valence-electron chi connectivity index (χ4n) is 4.84. The summed E-state index contributed by atoms with van der Waals surface area (Å²) in [6.07, 6.45) is 5.89. The molecule has 0 aliphatic carbocycles.